The van der Waals surface area contributed by atoms with Gasteiger partial charge in [-0.15, -0.1) is 0 Å². The molecule has 12 heteroatoms. The number of carbonyl (C=O) groups excluding carboxylic acids is 1. The molecule has 4 N–H and O–H groups in total. The van der Waals surface area contributed by atoms with Gasteiger partial charge in [-0.25, -0.2) is 9.59 Å². The highest BCUT2D eigenvalue weighted by molar-refractivity contribution is 5.77. The van der Waals surface area contributed by atoms with Gasteiger partial charge in [0.15, 0.2) is 17.3 Å². The van der Waals surface area contributed by atoms with E-state index < -0.39 is 30.2 Å². The number of nitrogens with zero attached hydrogens (tertiary/aromatic N) is 2. The zero-order valence-electron chi connectivity index (χ0n) is 20.4. The summed E-state index contributed by atoms with van der Waals surface area (Å²) in [6.45, 7) is 0.524. The van der Waals surface area contributed by atoms with Crippen LogP contribution in [0, 0.1) is 0 Å². The summed E-state index contributed by atoms with van der Waals surface area (Å²) in [5.41, 5.74) is 0.834. The third kappa shape index (κ3) is 5.72. The molecule has 0 unspecified atom stereocenters. The van der Waals surface area contributed by atoms with E-state index in [-0.39, 0.29) is 25.5 Å². The Kier molecular flexibility index (Phi) is 7.73. The quantitative estimate of drug-likeness (QED) is 0.240. The summed E-state index contributed by atoms with van der Waals surface area (Å²) in [4.78, 5) is 28.6. The van der Waals surface area contributed by atoms with E-state index in [1.54, 1.807) is 18.2 Å². The van der Waals surface area contributed by atoms with Crippen molar-refractivity contribution in [2.75, 3.05) is 25.1 Å². The standard InChI is InChI=1S/C26H28N4O8/c31-14-21-17(32)12-22(38-21)30-13-20-24(29-25(30)33)28-23-18(8-4-9-19(23)37-20)35-11-5-10-27-26(34)36-15-16-6-2-1-3-7-16/h1-4,6-9,13,17,21-22,31-32H,5,10-12,14-15H2,(H,27,34)(H,28,29,33)/t17-,21-,22-/m1/s1. The Balaban J connectivity index is 1.15. The number of benzene rings is 2. The number of anilines is 2. The third-order valence-corrected chi connectivity index (χ3v) is 6.12. The number of carbonyl (C=O) groups is 1. The van der Waals surface area contributed by atoms with Gasteiger partial charge >= 0.3 is 11.8 Å². The molecule has 3 heterocycles. The van der Waals surface area contributed by atoms with Crippen molar-refractivity contribution in [1.82, 2.24) is 14.9 Å². The fourth-order valence-electron chi connectivity index (χ4n) is 4.17. The lowest BCUT2D eigenvalue weighted by atomic mass is 10.2. The molecule has 3 aromatic rings. The Bertz CT molecular complexity index is 1330. The van der Waals surface area contributed by atoms with Crippen molar-refractivity contribution >= 4 is 17.6 Å². The second-order valence-electron chi connectivity index (χ2n) is 8.81. The normalized spacial score (nSPS) is 19.5. The van der Waals surface area contributed by atoms with Gasteiger partial charge in [0.05, 0.1) is 25.5 Å². The molecule has 38 heavy (non-hydrogen) atoms. The van der Waals surface area contributed by atoms with Crippen LogP contribution in [0.25, 0.3) is 0 Å². The van der Waals surface area contributed by atoms with Crippen molar-refractivity contribution in [3.63, 3.8) is 0 Å². The van der Waals surface area contributed by atoms with Gasteiger partial charge in [0.25, 0.3) is 0 Å². The molecule has 0 radical (unpaired) electrons. The number of para-hydroxylation sites is 1. The molecule has 200 valence electrons. The van der Waals surface area contributed by atoms with Crippen LogP contribution in [0.5, 0.6) is 17.2 Å². The first-order chi connectivity index (χ1) is 18.5. The number of alkyl carbamates (subject to hydrolysis) is 1. The van der Waals surface area contributed by atoms with E-state index in [9.17, 15) is 19.8 Å². The van der Waals surface area contributed by atoms with E-state index in [1.807, 2.05) is 30.3 Å². The lowest BCUT2D eigenvalue weighted by Crippen LogP contribution is -2.29. The average Bonchev–Trinajstić information content (AvgIpc) is 3.31. The Labute approximate surface area is 217 Å². The lowest BCUT2D eigenvalue weighted by molar-refractivity contribution is -0.0459. The number of aliphatic hydroxyl groups excluding tert-OH is 2. The molecule has 2 aliphatic heterocycles. The van der Waals surface area contributed by atoms with Crippen molar-refractivity contribution in [3.05, 3.63) is 70.8 Å². The first kappa shape index (κ1) is 25.5. The first-order valence-electron chi connectivity index (χ1n) is 12.2. The zero-order chi connectivity index (χ0) is 26.5. The van der Waals surface area contributed by atoms with Crippen LogP contribution in [0.15, 0.2) is 59.5 Å². The van der Waals surface area contributed by atoms with E-state index >= 15 is 0 Å². The maximum absolute atomic E-state index is 12.7. The minimum absolute atomic E-state index is 0.146. The number of aliphatic hydroxyl groups is 2. The van der Waals surface area contributed by atoms with Gasteiger partial charge in [0.2, 0.25) is 0 Å². The highest BCUT2D eigenvalue weighted by atomic mass is 16.6. The number of amides is 1. The number of hydrogen-bond acceptors (Lipinski definition) is 10. The monoisotopic (exact) mass is 524 g/mol. The van der Waals surface area contributed by atoms with E-state index in [0.717, 1.165) is 5.56 Å². The van der Waals surface area contributed by atoms with Crippen LogP contribution in [-0.2, 0) is 16.1 Å². The number of nitrogens with one attached hydrogen (secondary N) is 2. The summed E-state index contributed by atoms with van der Waals surface area (Å²) >= 11 is 0. The van der Waals surface area contributed by atoms with Gasteiger partial charge in [-0.1, -0.05) is 36.4 Å². The van der Waals surface area contributed by atoms with Gasteiger partial charge < -0.3 is 39.8 Å². The Morgan fingerprint density at radius 3 is 2.82 bits per heavy atom. The SMILES string of the molecule is O=C(NCCCOc1cccc2c1Nc1nc(=O)n([C@H]3C[C@@H](O)[C@@H](CO)O3)cc1O2)OCc1ccccc1. The molecule has 0 saturated carbocycles. The zero-order valence-corrected chi connectivity index (χ0v) is 20.4. The lowest BCUT2D eigenvalue weighted by Gasteiger charge is -2.24. The van der Waals surface area contributed by atoms with Crippen molar-refractivity contribution in [3.8, 4) is 17.2 Å². The molecule has 3 atom stereocenters. The molecule has 12 nitrogen and oxygen atoms in total. The molecule has 1 aromatic heterocycles. The van der Waals surface area contributed by atoms with Crippen LogP contribution < -0.4 is 25.8 Å². The molecule has 0 aliphatic carbocycles. The topological polar surface area (TPSA) is 153 Å². The van der Waals surface area contributed by atoms with Crippen molar-refractivity contribution in [1.29, 1.82) is 0 Å². The molecule has 1 amide bonds. The average molecular weight is 525 g/mol. The summed E-state index contributed by atoms with van der Waals surface area (Å²) < 4.78 is 23.9. The summed E-state index contributed by atoms with van der Waals surface area (Å²) in [5.74, 6) is 1.50. The van der Waals surface area contributed by atoms with E-state index in [4.69, 9.17) is 18.9 Å². The van der Waals surface area contributed by atoms with Crippen molar-refractivity contribution in [2.24, 2.45) is 0 Å². The Morgan fingerprint density at radius 2 is 2.03 bits per heavy atom. The first-order valence-corrected chi connectivity index (χ1v) is 12.2. The van der Waals surface area contributed by atoms with E-state index in [2.05, 4.69) is 15.6 Å². The van der Waals surface area contributed by atoms with Crippen molar-refractivity contribution in [2.45, 2.75) is 37.9 Å². The van der Waals surface area contributed by atoms with Gasteiger partial charge in [0.1, 0.15) is 30.4 Å². The number of aromatic nitrogens is 2. The van der Waals surface area contributed by atoms with E-state index in [1.165, 1.54) is 10.8 Å². The molecule has 0 bridgehead atoms. The highest BCUT2D eigenvalue weighted by Crippen LogP contribution is 2.45. The maximum Gasteiger partial charge on any atom is 0.407 e. The van der Waals surface area contributed by atoms with Gasteiger partial charge in [-0.3, -0.25) is 4.57 Å². The van der Waals surface area contributed by atoms with Gasteiger partial charge in [-0.05, 0) is 24.1 Å². The number of ether oxygens (including phenoxy) is 4. The smallest absolute Gasteiger partial charge is 0.407 e. The third-order valence-electron chi connectivity index (χ3n) is 6.12. The second kappa shape index (κ2) is 11.5. The van der Waals surface area contributed by atoms with Gasteiger partial charge in [-0.2, -0.15) is 4.98 Å². The molecular formula is C26H28N4O8. The minimum Gasteiger partial charge on any atom is -0.491 e. The highest BCUT2D eigenvalue weighted by Gasteiger charge is 2.36. The predicted molar refractivity (Wildman–Crippen MR) is 135 cm³/mol. The number of hydrogen-bond donors (Lipinski definition) is 4. The van der Waals surface area contributed by atoms with Crippen LogP contribution in [-0.4, -0.2) is 57.8 Å². The van der Waals surface area contributed by atoms with Crippen LogP contribution in [0.2, 0.25) is 0 Å². The number of fused-ring (bicyclic) bond motifs is 2. The molecule has 2 aromatic carbocycles. The molecule has 1 fully saturated rings. The molecule has 0 spiro atoms. The van der Waals surface area contributed by atoms with Crippen LogP contribution in [0.1, 0.15) is 24.6 Å². The summed E-state index contributed by atoms with van der Waals surface area (Å²) in [7, 11) is 0. The molecular weight excluding hydrogens is 496 g/mol. The predicted octanol–water partition coefficient (Wildman–Crippen LogP) is 2.43. The second-order valence-corrected chi connectivity index (χ2v) is 8.81. The van der Waals surface area contributed by atoms with Crippen LogP contribution in [0.3, 0.4) is 0 Å². The summed E-state index contributed by atoms with van der Waals surface area (Å²) in [6, 6.07) is 14.7. The minimum atomic E-state index is -0.887. The summed E-state index contributed by atoms with van der Waals surface area (Å²) in [6.07, 6.45) is -0.775. The molecule has 1 saturated heterocycles. The fourth-order valence-corrected chi connectivity index (χ4v) is 4.17. The van der Waals surface area contributed by atoms with Crippen molar-refractivity contribution < 1.29 is 34.0 Å². The van der Waals surface area contributed by atoms with Gasteiger partial charge in [0, 0.05) is 13.0 Å². The van der Waals surface area contributed by atoms with Crippen LogP contribution in [0.4, 0.5) is 16.3 Å². The fraction of sp³-hybridized carbons (Fsp3) is 0.346. The summed E-state index contributed by atoms with van der Waals surface area (Å²) in [5, 5.41) is 25.1. The number of rotatable bonds is 9. The largest absolute Gasteiger partial charge is 0.491 e. The van der Waals surface area contributed by atoms with Crippen LogP contribution >= 0.6 is 0 Å². The Hall–Kier alpha value is -4.13. The van der Waals surface area contributed by atoms with E-state index in [0.29, 0.717) is 42.5 Å². The molecule has 5 rings (SSSR count). The molecule has 2 aliphatic rings. The maximum atomic E-state index is 12.7. The Morgan fingerprint density at radius 1 is 1.18 bits per heavy atom.